The Morgan fingerprint density at radius 3 is 1.00 bits per heavy atom. The van der Waals surface area contributed by atoms with E-state index in [1.165, 1.54) is 0 Å². The van der Waals surface area contributed by atoms with Gasteiger partial charge in [-0.3, -0.25) is 4.74 Å². The molecule has 116 valence electrons. The zero-order chi connectivity index (χ0) is 14.9. The van der Waals surface area contributed by atoms with Crippen molar-refractivity contribution in [2.75, 3.05) is 45.8 Å². The van der Waals surface area contributed by atoms with E-state index < -0.39 is 7.51 Å². The zero-order valence-corrected chi connectivity index (χ0v) is 15.1. The van der Waals surface area contributed by atoms with Crippen LogP contribution in [0.1, 0.15) is 48.5 Å². The first-order chi connectivity index (χ1) is 9.12. The van der Waals surface area contributed by atoms with Gasteiger partial charge in [0.05, 0.1) is 0 Å². The van der Waals surface area contributed by atoms with Crippen molar-refractivity contribution in [2.24, 2.45) is 4.74 Å². The monoisotopic (exact) mass is 290 g/mol. The fourth-order valence-electron chi connectivity index (χ4n) is 2.80. The molecular weight excluding hydrogens is 255 g/mol. The lowest BCUT2D eigenvalue weighted by atomic mass is 10.7. The molecule has 0 atom stereocenters. The molecular formula is C14H35N4P. The third-order valence-corrected chi connectivity index (χ3v) is 8.30. The molecule has 0 bridgehead atoms. The van der Waals surface area contributed by atoms with Crippen LogP contribution >= 0.6 is 7.51 Å². The van der Waals surface area contributed by atoms with E-state index in [0.29, 0.717) is 0 Å². The van der Waals surface area contributed by atoms with E-state index >= 15 is 0 Å². The summed E-state index contributed by atoms with van der Waals surface area (Å²) < 4.78 is 13.0. The molecule has 0 amide bonds. The van der Waals surface area contributed by atoms with Crippen LogP contribution in [0.15, 0.2) is 4.74 Å². The molecule has 0 radical (unpaired) electrons. The third kappa shape index (κ3) is 4.04. The molecule has 0 heterocycles. The van der Waals surface area contributed by atoms with Crippen LogP contribution < -0.4 is 0 Å². The molecule has 5 heteroatoms. The summed E-state index contributed by atoms with van der Waals surface area (Å²) >= 11 is 0. The Kier molecular flexibility index (Phi) is 9.98. The highest BCUT2D eigenvalue weighted by Crippen LogP contribution is 2.58. The van der Waals surface area contributed by atoms with Crippen molar-refractivity contribution in [1.29, 1.82) is 0 Å². The standard InChI is InChI=1S/C14H35N4P/c1-8-15-19(16(9-2)10-3,17(11-4)12-5)18(13-6)14-7/h8-14H2,1-7H3. The van der Waals surface area contributed by atoms with Gasteiger partial charge in [0.1, 0.15) is 0 Å². The molecule has 0 aliphatic heterocycles. The summed E-state index contributed by atoms with van der Waals surface area (Å²) in [5.41, 5.74) is 0. The molecule has 0 saturated heterocycles. The largest absolute Gasteiger partial charge is 0.261 e. The van der Waals surface area contributed by atoms with Crippen molar-refractivity contribution in [1.82, 2.24) is 14.0 Å². The van der Waals surface area contributed by atoms with E-state index in [4.69, 9.17) is 4.74 Å². The Balaban J connectivity index is 5.93. The first-order valence-corrected chi connectivity index (χ1v) is 9.56. The maximum Gasteiger partial charge on any atom is 0.167 e. The Hall–Kier alpha value is 0.110. The highest BCUT2D eigenvalue weighted by atomic mass is 31.2. The van der Waals surface area contributed by atoms with E-state index in [1.807, 2.05) is 0 Å². The first-order valence-electron chi connectivity index (χ1n) is 7.96. The van der Waals surface area contributed by atoms with Crippen LogP contribution in [0.2, 0.25) is 0 Å². The van der Waals surface area contributed by atoms with Gasteiger partial charge in [-0.15, -0.1) is 0 Å². The molecule has 0 aliphatic rings. The summed E-state index contributed by atoms with van der Waals surface area (Å²) in [4.78, 5) is 0. The van der Waals surface area contributed by atoms with Crippen molar-refractivity contribution in [3.8, 4) is 0 Å². The topological polar surface area (TPSA) is 22.1 Å². The maximum atomic E-state index is 5.17. The van der Waals surface area contributed by atoms with Crippen molar-refractivity contribution < 1.29 is 0 Å². The number of nitrogens with zero attached hydrogens (tertiary/aromatic N) is 4. The molecule has 0 spiro atoms. The van der Waals surface area contributed by atoms with Gasteiger partial charge in [-0.1, -0.05) is 41.5 Å². The molecule has 19 heavy (non-hydrogen) atoms. The van der Waals surface area contributed by atoms with Crippen molar-refractivity contribution >= 4 is 7.51 Å². The number of hydrogen-bond donors (Lipinski definition) is 0. The fraction of sp³-hybridized carbons (Fsp3) is 1.00. The molecule has 0 unspecified atom stereocenters. The van der Waals surface area contributed by atoms with Gasteiger partial charge in [-0.2, -0.15) is 0 Å². The Labute approximate surface area is 121 Å². The minimum atomic E-state index is -1.70. The van der Waals surface area contributed by atoms with E-state index in [9.17, 15) is 0 Å². The van der Waals surface area contributed by atoms with Crippen molar-refractivity contribution in [3.63, 3.8) is 0 Å². The molecule has 0 aromatic rings. The predicted molar refractivity (Wildman–Crippen MR) is 88.7 cm³/mol. The zero-order valence-electron chi connectivity index (χ0n) is 14.2. The third-order valence-electron chi connectivity index (χ3n) is 3.66. The highest BCUT2D eigenvalue weighted by Gasteiger charge is 2.35. The van der Waals surface area contributed by atoms with Crippen LogP contribution in [-0.2, 0) is 0 Å². The lowest BCUT2D eigenvalue weighted by Gasteiger charge is -2.48. The van der Waals surface area contributed by atoms with Crippen LogP contribution in [0, 0.1) is 0 Å². The predicted octanol–water partition coefficient (Wildman–Crippen LogP) is 3.98. The van der Waals surface area contributed by atoms with Gasteiger partial charge in [0.2, 0.25) is 0 Å². The quantitative estimate of drug-likeness (QED) is 0.568. The molecule has 0 aliphatic carbocycles. The summed E-state index contributed by atoms with van der Waals surface area (Å²) in [5.74, 6) is 0. The van der Waals surface area contributed by atoms with Crippen LogP contribution in [0.3, 0.4) is 0 Å². The first kappa shape index (κ1) is 19.1. The highest BCUT2D eigenvalue weighted by molar-refractivity contribution is 7.59. The van der Waals surface area contributed by atoms with Crippen molar-refractivity contribution in [3.05, 3.63) is 0 Å². The average molecular weight is 290 g/mol. The molecule has 0 aromatic carbocycles. The maximum absolute atomic E-state index is 5.17. The minimum Gasteiger partial charge on any atom is -0.261 e. The Morgan fingerprint density at radius 1 is 0.579 bits per heavy atom. The van der Waals surface area contributed by atoms with Crippen LogP contribution in [0.5, 0.6) is 0 Å². The molecule has 0 rings (SSSR count). The Morgan fingerprint density at radius 2 is 0.842 bits per heavy atom. The van der Waals surface area contributed by atoms with Gasteiger partial charge < -0.3 is 0 Å². The van der Waals surface area contributed by atoms with E-state index in [-0.39, 0.29) is 0 Å². The van der Waals surface area contributed by atoms with Gasteiger partial charge in [0.25, 0.3) is 0 Å². The molecule has 4 nitrogen and oxygen atoms in total. The van der Waals surface area contributed by atoms with Crippen LogP contribution in [0.4, 0.5) is 0 Å². The van der Waals surface area contributed by atoms with E-state index in [1.54, 1.807) is 0 Å². The van der Waals surface area contributed by atoms with Crippen LogP contribution in [0.25, 0.3) is 0 Å². The Bertz CT molecular complexity index is 231. The summed E-state index contributed by atoms with van der Waals surface area (Å²) in [6.07, 6.45) is 0. The van der Waals surface area contributed by atoms with Gasteiger partial charge in [0.15, 0.2) is 7.51 Å². The number of rotatable bonds is 10. The minimum absolute atomic E-state index is 0.900. The second-order valence-electron chi connectivity index (χ2n) is 4.41. The lowest BCUT2D eigenvalue weighted by Crippen LogP contribution is -2.41. The number of hydrogen-bond acceptors (Lipinski definition) is 1. The van der Waals surface area contributed by atoms with Gasteiger partial charge in [0, 0.05) is 45.8 Å². The van der Waals surface area contributed by atoms with Crippen LogP contribution in [-0.4, -0.2) is 59.8 Å². The fourth-order valence-corrected chi connectivity index (χ4v) is 7.07. The van der Waals surface area contributed by atoms with E-state index in [0.717, 1.165) is 45.8 Å². The van der Waals surface area contributed by atoms with E-state index in [2.05, 4.69) is 62.5 Å². The summed E-state index contributed by atoms with van der Waals surface area (Å²) in [6.45, 7) is 23.1. The summed E-state index contributed by atoms with van der Waals surface area (Å²) in [6, 6.07) is 0. The molecule has 0 N–H and O–H groups in total. The molecule has 0 saturated carbocycles. The van der Waals surface area contributed by atoms with Gasteiger partial charge >= 0.3 is 0 Å². The molecule has 0 fully saturated rings. The summed E-state index contributed by atoms with van der Waals surface area (Å²) in [5, 5.41) is 0. The van der Waals surface area contributed by atoms with Gasteiger partial charge in [-0.25, -0.2) is 14.0 Å². The summed E-state index contributed by atoms with van der Waals surface area (Å²) in [7, 11) is -1.70. The van der Waals surface area contributed by atoms with Gasteiger partial charge in [-0.05, 0) is 6.92 Å². The smallest absolute Gasteiger partial charge is 0.167 e. The molecule has 0 aromatic heterocycles. The normalized spacial score (nSPS) is 12.7. The average Bonchev–Trinajstić information content (AvgIpc) is 2.42. The second kappa shape index (κ2) is 9.93. The lowest BCUT2D eigenvalue weighted by molar-refractivity contribution is 0.338. The second-order valence-corrected chi connectivity index (χ2v) is 7.46. The van der Waals surface area contributed by atoms with Crippen molar-refractivity contribution in [2.45, 2.75) is 48.5 Å². The SMILES string of the molecule is CCN=P(N(CC)CC)(N(CC)CC)N(CC)CC.